The molecule has 0 aromatic carbocycles. The van der Waals surface area contributed by atoms with E-state index in [2.05, 4.69) is 11.9 Å². The van der Waals surface area contributed by atoms with Crippen molar-refractivity contribution in [3.8, 4) is 0 Å². The highest BCUT2D eigenvalue weighted by molar-refractivity contribution is 5.08. The monoisotopic (exact) mass is 252 g/mol. The summed E-state index contributed by atoms with van der Waals surface area (Å²) in [5.41, 5.74) is 6.00. The van der Waals surface area contributed by atoms with Crippen LogP contribution in [0.1, 0.15) is 24.4 Å². The molecule has 1 fully saturated rings. The predicted molar refractivity (Wildman–Crippen MR) is 71.3 cm³/mol. The van der Waals surface area contributed by atoms with Gasteiger partial charge in [0.25, 0.3) is 0 Å². The summed E-state index contributed by atoms with van der Waals surface area (Å²) in [6, 6.07) is 4.04. The number of nitrogens with zero attached hydrogens (tertiary/aromatic N) is 1. The summed E-state index contributed by atoms with van der Waals surface area (Å²) in [4.78, 5) is 2.30. The third-order valence-electron chi connectivity index (χ3n) is 4.03. The van der Waals surface area contributed by atoms with Crippen LogP contribution in [0.15, 0.2) is 16.5 Å². The SMILES string of the molecule is COCC(CN)(C1CC1)N(C)Cc1ccc(C)o1. The average Bonchev–Trinajstić information content (AvgIpc) is 3.11. The summed E-state index contributed by atoms with van der Waals surface area (Å²) in [6.45, 7) is 4.06. The second kappa shape index (κ2) is 5.43. The highest BCUT2D eigenvalue weighted by Crippen LogP contribution is 2.43. The van der Waals surface area contributed by atoms with Gasteiger partial charge in [-0.25, -0.2) is 0 Å². The molecule has 1 saturated carbocycles. The largest absolute Gasteiger partial charge is 0.465 e. The fourth-order valence-electron chi connectivity index (χ4n) is 2.75. The number of nitrogens with two attached hydrogens (primary N) is 1. The Morgan fingerprint density at radius 2 is 2.22 bits per heavy atom. The summed E-state index contributed by atoms with van der Waals surface area (Å²) in [6.07, 6.45) is 2.50. The van der Waals surface area contributed by atoms with Crippen molar-refractivity contribution in [2.24, 2.45) is 11.7 Å². The fraction of sp³-hybridized carbons (Fsp3) is 0.714. The molecule has 1 atom stereocenters. The fourth-order valence-corrected chi connectivity index (χ4v) is 2.75. The van der Waals surface area contributed by atoms with Crippen molar-refractivity contribution in [1.82, 2.24) is 4.90 Å². The van der Waals surface area contributed by atoms with E-state index in [1.165, 1.54) is 12.8 Å². The van der Waals surface area contributed by atoms with E-state index < -0.39 is 0 Å². The van der Waals surface area contributed by atoms with E-state index >= 15 is 0 Å². The van der Waals surface area contributed by atoms with Crippen molar-refractivity contribution in [3.05, 3.63) is 23.7 Å². The van der Waals surface area contributed by atoms with Gasteiger partial charge in [0.1, 0.15) is 11.5 Å². The predicted octanol–water partition coefficient (Wildman–Crippen LogP) is 1.77. The van der Waals surface area contributed by atoms with Gasteiger partial charge in [0.05, 0.1) is 18.7 Å². The first-order valence-electron chi connectivity index (χ1n) is 6.58. The van der Waals surface area contributed by atoms with E-state index in [4.69, 9.17) is 14.9 Å². The van der Waals surface area contributed by atoms with Gasteiger partial charge in [0, 0.05) is 13.7 Å². The molecule has 0 spiro atoms. The smallest absolute Gasteiger partial charge is 0.118 e. The molecule has 1 aliphatic carbocycles. The molecule has 18 heavy (non-hydrogen) atoms. The van der Waals surface area contributed by atoms with Crippen LogP contribution in [-0.2, 0) is 11.3 Å². The van der Waals surface area contributed by atoms with E-state index in [9.17, 15) is 0 Å². The third kappa shape index (κ3) is 2.60. The molecule has 0 bridgehead atoms. The number of rotatable bonds is 7. The maximum Gasteiger partial charge on any atom is 0.118 e. The van der Waals surface area contributed by atoms with Gasteiger partial charge in [0.15, 0.2) is 0 Å². The number of ether oxygens (including phenoxy) is 1. The lowest BCUT2D eigenvalue weighted by molar-refractivity contribution is 0.00710. The van der Waals surface area contributed by atoms with Crippen molar-refractivity contribution >= 4 is 0 Å². The first-order valence-corrected chi connectivity index (χ1v) is 6.58. The molecule has 2 N–H and O–H groups in total. The maximum absolute atomic E-state index is 6.04. The second-order valence-corrected chi connectivity index (χ2v) is 5.38. The topological polar surface area (TPSA) is 51.6 Å². The minimum atomic E-state index is -0.0462. The Kier molecular flexibility index (Phi) is 4.10. The van der Waals surface area contributed by atoms with Crippen LogP contribution in [0.25, 0.3) is 0 Å². The summed E-state index contributed by atoms with van der Waals surface area (Å²) in [5.74, 6) is 2.60. The van der Waals surface area contributed by atoms with Crippen molar-refractivity contribution in [3.63, 3.8) is 0 Å². The number of likely N-dealkylation sites (N-methyl/N-ethyl adjacent to an activating group) is 1. The highest BCUT2D eigenvalue weighted by Gasteiger charge is 2.47. The summed E-state index contributed by atoms with van der Waals surface area (Å²) >= 11 is 0. The van der Waals surface area contributed by atoms with Crippen LogP contribution in [-0.4, -0.2) is 37.7 Å². The Balaban J connectivity index is 2.09. The van der Waals surface area contributed by atoms with E-state index in [1.54, 1.807) is 7.11 Å². The van der Waals surface area contributed by atoms with Crippen LogP contribution in [0.4, 0.5) is 0 Å². The minimum Gasteiger partial charge on any atom is -0.465 e. The van der Waals surface area contributed by atoms with E-state index in [-0.39, 0.29) is 5.54 Å². The van der Waals surface area contributed by atoms with E-state index in [0.29, 0.717) is 19.1 Å². The van der Waals surface area contributed by atoms with Crippen LogP contribution in [0.3, 0.4) is 0 Å². The molecule has 1 aliphatic rings. The Morgan fingerprint density at radius 1 is 1.50 bits per heavy atom. The Hall–Kier alpha value is -0.840. The Morgan fingerprint density at radius 3 is 2.67 bits per heavy atom. The van der Waals surface area contributed by atoms with Crippen LogP contribution in [0.5, 0.6) is 0 Å². The molecule has 0 saturated heterocycles. The zero-order chi connectivity index (χ0) is 13.2. The molecule has 2 rings (SSSR count). The zero-order valence-electron chi connectivity index (χ0n) is 11.6. The first kappa shape index (κ1) is 13.6. The van der Waals surface area contributed by atoms with Crippen molar-refractivity contribution in [2.75, 3.05) is 27.3 Å². The molecule has 0 radical (unpaired) electrons. The molecule has 1 unspecified atom stereocenters. The van der Waals surface area contributed by atoms with Gasteiger partial charge >= 0.3 is 0 Å². The van der Waals surface area contributed by atoms with Crippen LogP contribution in [0, 0.1) is 12.8 Å². The van der Waals surface area contributed by atoms with Crippen molar-refractivity contribution in [2.45, 2.75) is 31.8 Å². The number of aryl methyl sites for hydroxylation is 1. The quantitative estimate of drug-likeness (QED) is 0.803. The third-order valence-corrected chi connectivity index (χ3v) is 4.03. The molecule has 1 aromatic rings. The van der Waals surface area contributed by atoms with Gasteiger partial charge in [-0.2, -0.15) is 0 Å². The molecule has 4 nitrogen and oxygen atoms in total. The summed E-state index contributed by atoms with van der Waals surface area (Å²) in [5, 5.41) is 0. The number of furan rings is 1. The molecule has 102 valence electrons. The zero-order valence-corrected chi connectivity index (χ0v) is 11.6. The molecule has 0 amide bonds. The highest BCUT2D eigenvalue weighted by atomic mass is 16.5. The Labute approximate surface area is 109 Å². The average molecular weight is 252 g/mol. The number of methoxy groups -OCH3 is 1. The minimum absolute atomic E-state index is 0.0462. The molecule has 1 aromatic heterocycles. The first-order chi connectivity index (χ1) is 8.62. The van der Waals surface area contributed by atoms with Crippen molar-refractivity contribution < 1.29 is 9.15 Å². The van der Waals surface area contributed by atoms with E-state index in [1.807, 2.05) is 19.1 Å². The molecule has 4 heteroatoms. The molecular weight excluding hydrogens is 228 g/mol. The molecule has 0 aliphatic heterocycles. The summed E-state index contributed by atoms with van der Waals surface area (Å²) in [7, 11) is 3.86. The lowest BCUT2D eigenvalue weighted by Gasteiger charge is -2.40. The van der Waals surface area contributed by atoms with Crippen LogP contribution in [0.2, 0.25) is 0 Å². The summed E-state index contributed by atoms with van der Waals surface area (Å²) < 4.78 is 11.1. The second-order valence-electron chi connectivity index (χ2n) is 5.38. The van der Waals surface area contributed by atoms with Gasteiger partial charge in [-0.1, -0.05) is 0 Å². The van der Waals surface area contributed by atoms with Gasteiger partial charge < -0.3 is 14.9 Å². The molecular formula is C14H24N2O2. The lowest BCUT2D eigenvalue weighted by atomic mass is 9.92. The van der Waals surface area contributed by atoms with Crippen molar-refractivity contribution in [1.29, 1.82) is 0 Å². The lowest BCUT2D eigenvalue weighted by Crippen LogP contribution is -2.56. The van der Waals surface area contributed by atoms with Gasteiger partial charge in [-0.3, -0.25) is 4.90 Å². The number of hydrogen-bond donors (Lipinski definition) is 1. The van der Waals surface area contributed by atoms with Gasteiger partial charge in [0.2, 0.25) is 0 Å². The maximum atomic E-state index is 6.04. The van der Waals surface area contributed by atoms with Gasteiger partial charge in [-0.15, -0.1) is 0 Å². The molecule has 1 heterocycles. The van der Waals surface area contributed by atoms with Gasteiger partial charge in [-0.05, 0) is 44.9 Å². The van der Waals surface area contributed by atoms with Crippen LogP contribution < -0.4 is 5.73 Å². The van der Waals surface area contributed by atoms with Crippen LogP contribution >= 0.6 is 0 Å². The standard InChI is InChI=1S/C14H24N2O2/c1-11-4-7-13(18-11)8-16(2)14(9-15,10-17-3)12-5-6-12/h4,7,12H,5-6,8-10,15H2,1-3H3. The van der Waals surface area contributed by atoms with E-state index in [0.717, 1.165) is 18.1 Å². The normalized spacial score (nSPS) is 19.2. The number of hydrogen-bond acceptors (Lipinski definition) is 4. The Bertz CT molecular complexity index is 387.